The molecule has 1 amide bonds. The van der Waals surface area contributed by atoms with Crippen LogP contribution in [0.2, 0.25) is 0 Å². The van der Waals surface area contributed by atoms with Crippen molar-refractivity contribution in [2.45, 2.75) is 24.2 Å². The van der Waals surface area contributed by atoms with Crippen LogP contribution in [0.25, 0.3) is 10.8 Å². The molecule has 1 aliphatic carbocycles. The summed E-state index contributed by atoms with van der Waals surface area (Å²) in [6, 6.07) is 12.0. The van der Waals surface area contributed by atoms with E-state index in [0.717, 1.165) is 5.39 Å². The average Bonchev–Trinajstić information content (AvgIpc) is 3.32. The minimum atomic E-state index is -3.99. The van der Waals surface area contributed by atoms with E-state index in [1.54, 1.807) is 18.2 Å². The lowest BCUT2D eigenvalue weighted by molar-refractivity contribution is -0.121. The molecule has 1 unspecified atom stereocenters. The van der Waals surface area contributed by atoms with E-state index in [4.69, 9.17) is 0 Å². The van der Waals surface area contributed by atoms with Crippen molar-refractivity contribution < 1.29 is 21.6 Å². The normalized spacial score (nSPS) is 23.6. The number of nitrogens with one attached hydrogen (secondary N) is 1. The molecule has 0 bridgehead atoms. The van der Waals surface area contributed by atoms with Gasteiger partial charge >= 0.3 is 0 Å². The topological polar surface area (TPSA) is 97.4 Å². The number of carbonyl (C=O) groups excluding carboxylic acids is 1. The number of hydrogen-bond donors (Lipinski definition) is 1. The molecule has 4 rings (SSSR count). The van der Waals surface area contributed by atoms with Crippen molar-refractivity contribution in [2.24, 2.45) is 11.3 Å². The molecule has 138 valence electrons. The molecule has 6 nitrogen and oxygen atoms in total. The molecule has 0 radical (unpaired) electrons. The highest BCUT2D eigenvalue weighted by Crippen LogP contribution is 2.59. The van der Waals surface area contributed by atoms with Crippen LogP contribution in [0.3, 0.4) is 0 Å². The Balaban J connectivity index is 1.55. The highest BCUT2D eigenvalue weighted by atomic mass is 32.2. The van der Waals surface area contributed by atoms with Crippen molar-refractivity contribution in [2.75, 3.05) is 11.5 Å². The average molecular weight is 393 g/mol. The van der Waals surface area contributed by atoms with Gasteiger partial charge in [-0.2, -0.15) is 0 Å². The monoisotopic (exact) mass is 393 g/mol. The van der Waals surface area contributed by atoms with Crippen LogP contribution >= 0.6 is 0 Å². The molecule has 2 aromatic rings. The van der Waals surface area contributed by atoms with E-state index >= 15 is 0 Å². The minimum Gasteiger partial charge on any atom is -0.274 e. The second-order valence-corrected chi connectivity index (χ2v) is 11.2. The van der Waals surface area contributed by atoms with Gasteiger partial charge in [0.2, 0.25) is 5.91 Å². The fourth-order valence-corrected chi connectivity index (χ4v) is 6.79. The van der Waals surface area contributed by atoms with Crippen molar-refractivity contribution in [3.8, 4) is 0 Å². The van der Waals surface area contributed by atoms with Gasteiger partial charge in [0.25, 0.3) is 10.0 Å². The third kappa shape index (κ3) is 3.01. The standard InChI is InChI=1S/C18H19NO5S2/c20-17(15-12-18(15)8-10-25(21,22)11-9-18)19-26(23,24)16-7-3-5-13-4-1-2-6-14(13)16/h1-7,15H,8-12H2,(H,19,20). The maximum atomic E-state index is 12.7. The zero-order valence-electron chi connectivity index (χ0n) is 14.0. The zero-order chi connectivity index (χ0) is 18.6. The molecule has 1 saturated carbocycles. The van der Waals surface area contributed by atoms with E-state index in [-0.39, 0.29) is 21.8 Å². The lowest BCUT2D eigenvalue weighted by Gasteiger charge is -2.22. The summed E-state index contributed by atoms with van der Waals surface area (Å²) in [5.74, 6) is -0.806. The van der Waals surface area contributed by atoms with E-state index in [9.17, 15) is 21.6 Å². The van der Waals surface area contributed by atoms with Gasteiger partial charge in [-0.05, 0) is 36.1 Å². The van der Waals surface area contributed by atoms with Gasteiger partial charge in [0, 0.05) is 11.3 Å². The van der Waals surface area contributed by atoms with Gasteiger partial charge in [0.1, 0.15) is 9.84 Å². The number of carbonyl (C=O) groups is 1. The number of hydrogen-bond acceptors (Lipinski definition) is 5. The first-order valence-corrected chi connectivity index (χ1v) is 11.8. The molecular weight excluding hydrogens is 374 g/mol. The lowest BCUT2D eigenvalue weighted by atomic mass is 9.96. The second kappa shape index (κ2) is 5.79. The molecule has 8 heteroatoms. The Kier molecular flexibility index (Phi) is 3.89. The number of sulfone groups is 1. The van der Waals surface area contributed by atoms with Crippen molar-refractivity contribution >= 4 is 36.5 Å². The summed E-state index contributed by atoms with van der Waals surface area (Å²) in [6.45, 7) is 0. The number of amides is 1. The van der Waals surface area contributed by atoms with Gasteiger partial charge in [-0.1, -0.05) is 36.4 Å². The third-order valence-corrected chi connectivity index (χ3v) is 8.66. The van der Waals surface area contributed by atoms with Crippen molar-refractivity contribution in [1.29, 1.82) is 0 Å². The van der Waals surface area contributed by atoms with Gasteiger partial charge < -0.3 is 0 Å². The van der Waals surface area contributed by atoms with Gasteiger partial charge in [-0.3, -0.25) is 4.79 Å². The fraction of sp³-hybridized carbons (Fsp3) is 0.389. The molecule has 2 aromatic carbocycles. The van der Waals surface area contributed by atoms with Crippen LogP contribution in [-0.2, 0) is 24.7 Å². The Hall–Kier alpha value is -1.93. The summed E-state index contributed by atoms with van der Waals surface area (Å²) in [5.41, 5.74) is -0.344. The maximum Gasteiger partial charge on any atom is 0.264 e. The summed E-state index contributed by atoms with van der Waals surface area (Å²) in [7, 11) is -7.00. The fourth-order valence-electron chi connectivity index (χ4n) is 3.90. The Labute approximate surface area is 152 Å². The first-order valence-electron chi connectivity index (χ1n) is 8.47. The van der Waals surface area contributed by atoms with Crippen LogP contribution in [0.5, 0.6) is 0 Å². The van der Waals surface area contributed by atoms with Gasteiger partial charge in [-0.15, -0.1) is 0 Å². The maximum absolute atomic E-state index is 12.7. The van der Waals surface area contributed by atoms with Crippen molar-refractivity contribution in [3.05, 3.63) is 42.5 Å². The Morgan fingerprint density at radius 2 is 1.69 bits per heavy atom. The predicted octanol–water partition coefficient (Wildman–Crippen LogP) is 1.86. The molecule has 1 aliphatic heterocycles. The van der Waals surface area contributed by atoms with Crippen molar-refractivity contribution in [1.82, 2.24) is 4.72 Å². The van der Waals surface area contributed by atoms with Crippen LogP contribution in [0, 0.1) is 11.3 Å². The zero-order valence-corrected chi connectivity index (χ0v) is 15.6. The number of benzene rings is 2. The summed E-state index contributed by atoms with van der Waals surface area (Å²) in [6.07, 6.45) is 1.42. The molecule has 2 fully saturated rings. The van der Waals surface area contributed by atoms with E-state index in [2.05, 4.69) is 4.72 Å². The smallest absolute Gasteiger partial charge is 0.264 e. The van der Waals surface area contributed by atoms with Gasteiger partial charge in [0.15, 0.2) is 0 Å². The largest absolute Gasteiger partial charge is 0.274 e. The first kappa shape index (κ1) is 17.5. The minimum absolute atomic E-state index is 0.0740. The van der Waals surface area contributed by atoms with Crippen LogP contribution in [0.4, 0.5) is 0 Å². The quantitative estimate of drug-likeness (QED) is 0.858. The van der Waals surface area contributed by atoms with Gasteiger partial charge in [-0.25, -0.2) is 21.6 Å². The summed E-state index contributed by atoms with van der Waals surface area (Å²) in [5, 5.41) is 1.34. The molecule has 1 atom stereocenters. The van der Waals surface area contributed by atoms with Crippen LogP contribution in [-0.4, -0.2) is 34.2 Å². The van der Waals surface area contributed by atoms with Crippen molar-refractivity contribution in [3.63, 3.8) is 0 Å². The molecule has 26 heavy (non-hydrogen) atoms. The van der Waals surface area contributed by atoms with E-state index < -0.39 is 31.7 Å². The van der Waals surface area contributed by atoms with Crippen LogP contribution in [0.15, 0.2) is 47.4 Å². The van der Waals surface area contributed by atoms with Crippen LogP contribution < -0.4 is 4.72 Å². The summed E-state index contributed by atoms with van der Waals surface area (Å²) < 4.78 is 50.8. The Bertz CT molecular complexity index is 1090. The predicted molar refractivity (Wildman–Crippen MR) is 97.7 cm³/mol. The molecule has 0 aromatic heterocycles. The Morgan fingerprint density at radius 3 is 2.42 bits per heavy atom. The van der Waals surface area contributed by atoms with E-state index in [1.165, 1.54) is 6.07 Å². The summed E-state index contributed by atoms with van der Waals surface area (Å²) >= 11 is 0. The molecule has 1 spiro atoms. The molecular formula is C18H19NO5S2. The molecule has 1 N–H and O–H groups in total. The third-order valence-electron chi connectivity index (χ3n) is 5.60. The molecule has 2 aliphatic rings. The van der Waals surface area contributed by atoms with Crippen LogP contribution in [0.1, 0.15) is 19.3 Å². The van der Waals surface area contributed by atoms with E-state index in [0.29, 0.717) is 24.6 Å². The second-order valence-electron chi connectivity index (χ2n) is 7.22. The highest BCUT2D eigenvalue weighted by molar-refractivity contribution is 7.91. The number of fused-ring (bicyclic) bond motifs is 1. The number of sulfonamides is 1. The summed E-state index contributed by atoms with van der Waals surface area (Å²) in [4.78, 5) is 12.6. The van der Waals surface area contributed by atoms with Gasteiger partial charge in [0.05, 0.1) is 16.4 Å². The first-order chi connectivity index (χ1) is 12.2. The van der Waals surface area contributed by atoms with E-state index in [1.807, 2.05) is 18.2 Å². The lowest BCUT2D eigenvalue weighted by Crippen LogP contribution is -2.35. The molecule has 1 saturated heterocycles. The molecule has 1 heterocycles. The Morgan fingerprint density at radius 1 is 1.04 bits per heavy atom. The highest BCUT2D eigenvalue weighted by Gasteiger charge is 2.59. The number of rotatable bonds is 3. The SMILES string of the molecule is O=C(NS(=O)(=O)c1cccc2ccccc12)C1CC12CCS(=O)(=O)CC2.